The number of ether oxygens (including phenoxy) is 8. The predicted octanol–water partition coefficient (Wildman–Crippen LogP) is 1.69. The van der Waals surface area contributed by atoms with Crippen LogP contribution in [0.3, 0.4) is 0 Å². The van der Waals surface area contributed by atoms with Gasteiger partial charge in [-0.05, 0) is 37.1 Å². The maximum absolute atomic E-state index is 14.1. The van der Waals surface area contributed by atoms with Gasteiger partial charge in [-0.15, -0.1) is 0 Å². The van der Waals surface area contributed by atoms with Crippen LogP contribution >= 0.6 is 0 Å². The van der Waals surface area contributed by atoms with E-state index < -0.39 is 76.3 Å². The van der Waals surface area contributed by atoms with Crippen LogP contribution < -0.4 is 9.47 Å². The smallest absolute Gasteiger partial charge is 0.338 e. The number of aliphatic hydroxyl groups is 2. The first-order valence-corrected chi connectivity index (χ1v) is 17.3. The summed E-state index contributed by atoms with van der Waals surface area (Å²) < 4.78 is 48.9. The van der Waals surface area contributed by atoms with Gasteiger partial charge in [-0.3, -0.25) is 9.69 Å². The van der Waals surface area contributed by atoms with Crippen molar-refractivity contribution in [3.8, 4) is 11.5 Å². The van der Waals surface area contributed by atoms with Crippen LogP contribution in [0.1, 0.15) is 43.5 Å². The minimum atomic E-state index is -1.62. The van der Waals surface area contributed by atoms with E-state index >= 15 is 0 Å². The number of hydrogen-bond donors (Lipinski definition) is 2. The summed E-state index contributed by atoms with van der Waals surface area (Å²) in [5.74, 6) is -2.07. The van der Waals surface area contributed by atoms with Gasteiger partial charge in [0.25, 0.3) is 0 Å². The Morgan fingerprint density at radius 2 is 1.67 bits per heavy atom. The number of rotatable bonds is 11. The molecule has 1 saturated heterocycles. The first-order chi connectivity index (χ1) is 23.4. The second kappa shape index (κ2) is 12.0. The number of nitrogens with zero attached hydrogens (tertiary/aromatic N) is 1. The van der Waals surface area contributed by atoms with Crippen molar-refractivity contribution >= 4 is 11.9 Å². The molecule has 6 fully saturated rings. The third-order valence-corrected chi connectivity index (χ3v) is 13.7. The highest BCUT2D eigenvalue weighted by molar-refractivity contribution is 5.90. The van der Waals surface area contributed by atoms with Crippen LogP contribution in [-0.2, 0) is 33.2 Å². The molecule has 6 aliphatic rings. The number of carbonyl (C=O) groups excluding carboxylic acids is 2. The lowest BCUT2D eigenvalue weighted by Gasteiger charge is -2.70. The molecule has 1 aliphatic heterocycles. The van der Waals surface area contributed by atoms with Crippen LogP contribution in [0, 0.1) is 34.5 Å². The maximum Gasteiger partial charge on any atom is 0.338 e. The highest BCUT2D eigenvalue weighted by Crippen LogP contribution is 2.80. The fraction of sp³-hybridized carbons (Fsp3) is 0.778. The van der Waals surface area contributed by atoms with Crippen molar-refractivity contribution in [3.05, 3.63) is 23.8 Å². The summed E-state index contributed by atoms with van der Waals surface area (Å²) in [6.45, 7) is 4.99. The Kier molecular flexibility index (Phi) is 8.57. The molecular formula is C36H51NO12. The number of esters is 2. The van der Waals surface area contributed by atoms with Crippen LogP contribution in [0.15, 0.2) is 18.2 Å². The van der Waals surface area contributed by atoms with Crippen LogP contribution in [0.5, 0.6) is 11.5 Å². The summed E-state index contributed by atoms with van der Waals surface area (Å²) in [4.78, 5) is 29.8. The Morgan fingerprint density at radius 1 is 0.959 bits per heavy atom. The first kappa shape index (κ1) is 34.9. The number of carbonyl (C=O) groups is 2. The molecule has 5 aliphatic carbocycles. The highest BCUT2D eigenvalue weighted by Gasteiger charge is 2.90. The Labute approximate surface area is 287 Å². The van der Waals surface area contributed by atoms with Crippen LogP contribution in [0.25, 0.3) is 0 Å². The molecule has 13 nitrogen and oxygen atoms in total. The van der Waals surface area contributed by atoms with Gasteiger partial charge in [0.05, 0.1) is 50.8 Å². The molecule has 0 radical (unpaired) electrons. The average Bonchev–Trinajstić information content (AvgIpc) is 3.46. The van der Waals surface area contributed by atoms with Gasteiger partial charge in [-0.2, -0.15) is 0 Å². The van der Waals surface area contributed by atoms with Crippen LogP contribution in [0.2, 0.25) is 0 Å². The van der Waals surface area contributed by atoms with E-state index in [1.54, 1.807) is 39.5 Å². The van der Waals surface area contributed by atoms with Gasteiger partial charge in [0.15, 0.2) is 11.5 Å². The fourth-order valence-electron chi connectivity index (χ4n) is 12.6. The molecule has 14 atom stereocenters. The molecule has 49 heavy (non-hydrogen) atoms. The van der Waals surface area contributed by atoms with Gasteiger partial charge >= 0.3 is 11.9 Å². The van der Waals surface area contributed by atoms with Crippen molar-refractivity contribution in [2.75, 3.05) is 62.4 Å². The lowest BCUT2D eigenvalue weighted by Crippen LogP contribution is -2.79. The Morgan fingerprint density at radius 3 is 2.27 bits per heavy atom. The summed E-state index contributed by atoms with van der Waals surface area (Å²) in [5, 5.41) is 24.9. The Balaban J connectivity index is 1.46. The average molecular weight is 690 g/mol. The lowest BCUT2D eigenvalue weighted by atomic mass is 9.42. The largest absolute Gasteiger partial charge is 0.493 e. The molecule has 0 amide bonds. The van der Waals surface area contributed by atoms with Crippen molar-refractivity contribution < 1.29 is 57.7 Å². The quantitative estimate of drug-likeness (QED) is 0.325. The van der Waals surface area contributed by atoms with Gasteiger partial charge < -0.3 is 48.1 Å². The van der Waals surface area contributed by atoms with E-state index in [1.807, 2.05) is 0 Å². The van der Waals surface area contributed by atoms with Gasteiger partial charge in [-0.25, -0.2) is 4.79 Å². The zero-order valence-corrected chi connectivity index (χ0v) is 29.7. The third-order valence-electron chi connectivity index (χ3n) is 13.7. The van der Waals surface area contributed by atoms with Crippen LogP contribution in [0.4, 0.5) is 0 Å². The van der Waals surface area contributed by atoms with Crippen molar-refractivity contribution in [1.29, 1.82) is 0 Å². The van der Waals surface area contributed by atoms with Gasteiger partial charge in [0, 0.05) is 89.4 Å². The molecular weight excluding hydrogens is 638 g/mol. The minimum Gasteiger partial charge on any atom is -0.493 e. The van der Waals surface area contributed by atoms with Crippen molar-refractivity contribution in [3.63, 3.8) is 0 Å². The number of methoxy groups -OCH3 is 6. The van der Waals surface area contributed by atoms with Crippen molar-refractivity contribution in [1.82, 2.24) is 4.90 Å². The lowest BCUT2D eigenvalue weighted by molar-refractivity contribution is -0.300. The number of hydrogen-bond acceptors (Lipinski definition) is 13. The van der Waals surface area contributed by atoms with Gasteiger partial charge in [-0.1, -0.05) is 6.92 Å². The molecule has 1 spiro atoms. The molecule has 1 unspecified atom stereocenters. The van der Waals surface area contributed by atoms with Crippen LogP contribution in [-0.4, -0.2) is 137 Å². The van der Waals surface area contributed by atoms with E-state index in [9.17, 15) is 19.8 Å². The zero-order valence-electron chi connectivity index (χ0n) is 29.7. The SMILES string of the molecule is CCN1C[C@]2(COC)C(O)C[C@H](OC)[C@@]34[C@@H]5C[C@@]6(O)[C@@H](OC)C[C@@](OC(C)=O)([C@H]5[C@H]6OC(=O)c5ccc(OC)c(OC)c5)[C@@H]([C@H](OC)[C@H]23)[C@@H]14. The molecule has 1 aromatic carbocycles. The number of aliphatic hydroxyl groups excluding tert-OH is 1. The second-order valence-corrected chi connectivity index (χ2v) is 15.1. The molecule has 13 heteroatoms. The van der Waals surface area contributed by atoms with E-state index in [0.29, 0.717) is 31.0 Å². The van der Waals surface area contributed by atoms with Crippen molar-refractivity contribution in [2.24, 2.45) is 34.5 Å². The molecule has 272 valence electrons. The molecule has 2 N–H and O–H groups in total. The van der Waals surface area contributed by atoms with E-state index in [4.69, 9.17) is 37.9 Å². The van der Waals surface area contributed by atoms with Gasteiger partial charge in [0.2, 0.25) is 0 Å². The number of benzene rings is 1. The van der Waals surface area contributed by atoms with E-state index in [0.717, 1.165) is 0 Å². The van der Waals surface area contributed by atoms with Crippen molar-refractivity contribution in [2.45, 2.75) is 80.9 Å². The Bertz CT molecular complexity index is 1480. The summed E-state index contributed by atoms with van der Waals surface area (Å²) in [5.41, 5.74) is -4.09. The predicted molar refractivity (Wildman–Crippen MR) is 172 cm³/mol. The van der Waals surface area contributed by atoms with E-state index in [2.05, 4.69) is 11.8 Å². The summed E-state index contributed by atoms with van der Waals surface area (Å²) >= 11 is 0. The minimum absolute atomic E-state index is 0.185. The molecule has 1 heterocycles. The van der Waals surface area contributed by atoms with E-state index in [1.165, 1.54) is 28.3 Å². The number of piperidine rings is 1. The number of fused-ring (bicyclic) bond motifs is 2. The molecule has 1 aromatic rings. The van der Waals surface area contributed by atoms with Gasteiger partial charge in [0.1, 0.15) is 17.3 Å². The first-order valence-electron chi connectivity index (χ1n) is 17.3. The normalized spacial score (nSPS) is 45.9. The van der Waals surface area contributed by atoms with E-state index in [-0.39, 0.29) is 42.9 Å². The topological polar surface area (TPSA) is 152 Å². The molecule has 5 saturated carbocycles. The molecule has 7 rings (SSSR count). The Hall–Kier alpha value is -2.52. The zero-order chi connectivity index (χ0) is 35.3. The standard InChI is InChI=1S/C36H51NO12/c1-9-37-16-33(17-42-3)23(39)13-24(45-6)36-20-14-34(41)25(46-7)15-35(49-18(2)38,27(30(36)37)28(47-8)29(33)36)26(20)31(34)48-32(40)19-10-11-21(43-4)22(12-19)44-5/h10-12,20,23-31,39,41H,9,13-17H2,1-8H3/t20-,23?,24+,25+,26-,27+,28+,29-,30-,31-,33+,34-,35-,36+/m1/s1. The maximum atomic E-state index is 14.1. The summed E-state index contributed by atoms with van der Waals surface area (Å²) in [7, 11) is 9.53. The second-order valence-electron chi connectivity index (χ2n) is 15.1. The number of likely N-dealkylation sites (tertiary alicyclic amines) is 1. The summed E-state index contributed by atoms with van der Waals surface area (Å²) in [6.07, 6.45) is -2.89. The molecule has 0 aromatic heterocycles. The fourth-order valence-corrected chi connectivity index (χ4v) is 12.6. The third kappa shape index (κ3) is 4.24. The summed E-state index contributed by atoms with van der Waals surface area (Å²) in [6, 6.07) is 4.56. The molecule has 7 bridgehead atoms. The monoisotopic (exact) mass is 689 g/mol. The highest BCUT2D eigenvalue weighted by atomic mass is 16.6.